The topological polar surface area (TPSA) is 53.1 Å². The van der Waals surface area contributed by atoms with Gasteiger partial charge in [-0.25, -0.2) is 0 Å². The molecular weight excluding hydrogens is 450 g/mol. The standard InChI is InChI=1S/C30H45N3O3/c1-6-16-31(5)19-23(7-2)24-14-15-27-28(17-24)32(18-21(3)33(27)22(4)34)30(35)29-26-13-11-9-8-10-12-25(26)20-36-29/h14-15,17,21,23,29H,6-13,16,18-20H2,1-5H3. The van der Waals surface area contributed by atoms with Crippen molar-refractivity contribution in [3.8, 4) is 0 Å². The molecule has 2 aliphatic heterocycles. The van der Waals surface area contributed by atoms with Crippen LogP contribution < -0.4 is 9.80 Å². The summed E-state index contributed by atoms with van der Waals surface area (Å²) in [5.41, 5.74) is 5.49. The van der Waals surface area contributed by atoms with E-state index in [1.807, 2.05) is 16.7 Å². The van der Waals surface area contributed by atoms with Gasteiger partial charge in [-0.3, -0.25) is 9.59 Å². The summed E-state index contributed by atoms with van der Waals surface area (Å²) in [4.78, 5) is 32.9. The quantitative estimate of drug-likeness (QED) is 0.458. The molecule has 3 unspecified atom stereocenters. The average molecular weight is 496 g/mol. The van der Waals surface area contributed by atoms with Crippen molar-refractivity contribution in [2.24, 2.45) is 0 Å². The van der Waals surface area contributed by atoms with Crippen LogP contribution in [0.2, 0.25) is 0 Å². The molecule has 36 heavy (non-hydrogen) atoms. The molecule has 0 N–H and O–H groups in total. The lowest BCUT2D eigenvalue weighted by Gasteiger charge is -2.42. The number of ether oxygens (including phenoxy) is 1. The second-order valence-corrected chi connectivity index (χ2v) is 11.0. The van der Waals surface area contributed by atoms with Gasteiger partial charge in [-0.05, 0) is 93.8 Å². The van der Waals surface area contributed by atoms with Gasteiger partial charge in [0.2, 0.25) is 5.91 Å². The number of anilines is 2. The second kappa shape index (κ2) is 11.9. The molecule has 1 aliphatic carbocycles. The number of carbonyl (C=O) groups is 2. The molecule has 0 aromatic heterocycles. The van der Waals surface area contributed by atoms with Crippen molar-refractivity contribution in [1.82, 2.24) is 4.90 Å². The third kappa shape index (κ3) is 5.55. The summed E-state index contributed by atoms with van der Waals surface area (Å²) in [6, 6.07) is 6.30. The van der Waals surface area contributed by atoms with E-state index in [0.29, 0.717) is 19.1 Å². The number of rotatable bonds is 7. The predicted octanol–water partition coefficient (Wildman–Crippen LogP) is 5.66. The molecule has 6 heteroatoms. The Balaban J connectivity index is 1.69. The first-order valence-electron chi connectivity index (χ1n) is 14.1. The molecule has 0 spiro atoms. The Morgan fingerprint density at radius 2 is 1.86 bits per heavy atom. The van der Waals surface area contributed by atoms with Gasteiger partial charge in [0.05, 0.1) is 24.0 Å². The average Bonchev–Trinajstić information content (AvgIpc) is 3.22. The summed E-state index contributed by atoms with van der Waals surface area (Å²) in [6.45, 7) is 11.2. The normalized spacial score (nSPS) is 23.3. The highest BCUT2D eigenvalue weighted by molar-refractivity contribution is 6.06. The third-order valence-electron chi connectivity index (χ3n) is 8.24. The Kier molecular flexibility index (Phi) is 8.89. The van der Waals surface area contributed by atoms with E-state index in [1.165, 1.54) is 36.0 Å². The van der Waals surface area contributed by atoms with Crippen LogP contribution in [0.3, 0.4) is 0 Å². The molecule has 3 atom stereocenters. The fourth-order valence-electron chi connectivity index (χ4n) is 6.38. The van der Waals surface area contributed by atoms with Gasteiger partial charge < -0.3 is 19.4 Å². The van der Waals surface area contributed by atoms with E-state index < -0.39 is 6.10 Å². The molecule has 0 bridgehead atoms. The Labute approximate surface area is 217 Å². The minimum atomic E-state index is -0.483. The maximum absolute atomic E-state index is 14.1. The van der Waals surface area contributed by atoms with Crippen molar-refractivity contribution in [3.05, 3.63) is 34.9 Å². The van der Waals surface area contributed by atoms with Crippen LogP contribution in [0, 0.1) is 0 Å². The highest BCUT2D eigenvalue weighted by Gasteiger charge is 2.40. The van der Waals surface area contributed by atoms with Crippen molar-refractivity contribution in [1.29, 1.82) is 0 Å². The van der Waals surface area contributed by atoms with Gasteiger partial charge in [0, 0.05) is 20.0 Å². The molecule has 1 aromatic rings. The van der Waals surface area contributed by atoms with Gasteiger partial charge in [-0.15, -0.1) is 0 Å². The summed E-state index contributed by atoms with van der Waals surface area (Å²) in [7, 11) is 2.18. The number of hydrogen-bond donors (Lipinski definition) is 0. The first kappa shape index (κ1) is 26.9. The Bertz CT molecular complexity index is 988. The van der Waals surface area contributed by atoms with Gasteiger partial charge in [0.1, 0.15) is 0 Å². The minimum absolute atomic E-state index is 0.0143. The molecule has 0 fully saturated rings. The van der Waals surface area contributed by atoms with Crippen molar-refractivity contribution < 1.29 is 14.3 Å². The molecule has 3 aliphatic rings. The Morgan fingerprint density at radius 1 is 1.11 bits per heavy atom. The molecule has 0 saturated heterocycles. The number of carbonyl (C=O) groups excluding carboxylic acids is 2. The highest BCUT2D eigenvalue weighted by atomic mass is 16.5. The molecule has 1 aromatic carbocycles. The lowest BCUT2D eigenvalue weighted by atomic mass is 9.91. The molecule has 2 amide bonds. The van der Waals surface area contributed by atoms with Gasteiger partial charge in [-0.2, -0.15) is 0 Å². The molecule has 0 radical (unpaired) electrons. The van der Waals surface area contributed by atoms with Crippen molar-refractivity contribution in [2.45, 2.75) is 97.1 Å². The molecule has 6 nitrogen and oxygen atoms in total. The highest BCUT2D eigenvalue weighted by Crippen LogP contribution is 2.41. The summed E-state index contributed by atoms with van der Waals surface area (Å²) in [6.07, 6.45) is 8.49. The van der Waals surface area contributed by atoms with Crippen LogP contribution in [0.25, 0.3) is 0 Å². The largest absolute Gasteiger partial charge is 0.360 e. The fraction of sp³-hybridized carbons (Fsp3) is 0.667. The number of hydrogen-bond acceptors (Lipinski definition) is 4. The van der Waals surface area contributed by atoms with Gasteiger partial charge in [0.25, 0.3) is 5.91 Å². The minimum Gasteiger partial charge on any atom is -0.360 e. The number of fused-ring (bicyclic) bond motifs is 1. The van der Waals surface area contributed by atoms with Crippen LogP contribution in [-0.2, 0) is 14.3 Å². The number of nitrogens with zero attached hydrogens (tertiary/aromatic N) is 3. The number of likely N-dealkylation sites (N-methyl/N-ethyl adjacent to an activating group) is 1. The van der Waals surface area contributed by atoms with Crippen molar-refractivity contribution in [3.63, 3.8) is 0 Å². The van der Waals surface area contributed by atoms with Crippen molar-refractivity contribution >= 4 is 23.2 Å². The van der Waals surface area contributed by atoms with E-state index in [0.717, 1.165) is 56.6 Å². The summed E-state index contributed by atoms with van der Waals surface area (Å²) in [5, 5.41) is 0. The van der Waals surface area contributed by atoms with E-state index in [1.54, 1.807) is 6.92 Å². The van der Waals surface area contributed by atoms with Crippen LogP contribution in [0.15, 0.2) is 29.3 Å². The number of benzene rings is 1. The van der Waals surface area contributed by atoms with E-state index in [-0.39, 0.29) is 17.9 Å². The zero-order valence-electron chi connectivity index (χ0n) is 23.0. The lowest BCUT2D eigenvalue weighted by Crippen LogP contribution is -2.53. The number of amides is 2. The van der Waals surface area contributed by atoms with E-state index in [9.17, 15) is 9.59 Å². The summed E-state index contributed by atoms with van der Waals surface area (Å²) < 4.78 is 6.18. The summed E-state index contributed by atoms with van der Waals surface area (Å²) in [5.74, 6) is 0.419. The fourth-order valence-corrected chi connectivity index (χ4v) is 6.38. The van der Waals surface area contributed by atoms with Crippen LogP contribution in [0.4, 0.5) is 11.4 Å². The zero-order valence-corrected chi connectivity index (χ0v) is 23.0. The van der Waals surface area contributed by atoms with E-state index >= 15 is 0 Å². The lowest BCUT2D eigenvalue weighted by molar-refractivity contribution is -0.126. The first-order valence-corrected chi connectivity index (χ1v) is 14.1. The van der Waals surface area contributed by atoms with E-state index in [2.05, 4.69) is 44.0 Å². The Morgan fingerprint density at radius 3 is 2.56 bits per heavy atom. The predicted molar refractivity (Wildman–Crippen MR) is 147 cm³/mol. The van der Waals surface area contributed by atoms with Gasteiger partial charge in [-0.1, -0.05) is 32.8 Å². The van der Waals surface area contributed by atoms with E-state index in [4.69, 9.17) is 4.74 Å². The molecule has 0 saturated carbocycles. The zero-order chi connectivity index (χ0) is 25.8. The van der Waals surface area contributed by atoms with Crippen LogP contribution in [0.5, 0.6) is 0 Å². The van der Waals surface area contributed by atoms with Crippen LogP contribution >= 0.6 is 0 Å². The van der Waals surface area contributed by atoms with Crippen molar-refractivity contribution in [2.75, 3.05) is 43.1 Å². The second-order valence-electron chi connectivity index (χ2n) is 11.0. The first-order chi connectivity index (χ1) is 17.3. The molecular formula is C30H45N3O3. The summed E-state index contributed by atoms with van der Waals surface area (Å²) >= 11 is 0. The smallest absolute Gasteiger partial charge is 0.260 e. The third-order valence-corrected chi connectivity index (χ3v) is 8.24. The molecule has 4 rings (SSSR count). The maximum atomic E-state index is 14.1. The monoisotopic (exact) mass is 495 g/mol. The SMILES string of the molecule is CCCN(C)CC(CC)c1ccc2c(c1)N(C(=O)C1OCC3=C1CCCCCC3)CC(C)N2C(C)=O. The molecule has 2 heterocycles. The van der Waals surface area contributed by atoms with Gasteiger partial charge in [0.15, 0.2) is 6.10 Å². The maximum Gasteiger partial charge on any atom is 0.260 e. The van der Waals surface area contributed by atoms with Crippen LogP contribution in [-0.4, -0.2) is 62.1 Å². The Hall–Kier alpha value is -2.18. The molecule has 198 valence electrons. The van der Waals surface area contributed by atoms with Gasteiger partial charge >= 0.3 is 0 Å². The van der Waals surface area contributed by atoms with Crippen LogP contribution in [0.1, 0.15) is 90.5 Å².